The van der Waals surface area contributed by atoms with E-state index in [2.05, 4.69) is 9.71 Å². The van der Waals surface area contributed by atoms with Crippen molar-refractivity contribution in [3.8, 4) is 22.8 Å². The van der Waals surface area contributed by atoms with Gasteiger partial charge in [-0.3, -0.25) is 4.72 Å². The maximum absolute atomic E-state index is 13.2. The number of aromatic nitrogens is 1. The number of nitrogens with zero attached hydrogens (tertiary/aromatic N) is 1. The molecule has 0 spiro atoms. The van der Waals surface area contributed by atoms with E-state index in [1.165, 1.54) is 20.3 Å². The molecule has 1 aromatic heterocycles. The molecule has 0 bridgehead atoms. The third kappa shape index (κ3) is 3.97. The van der Waals surface area contributed by atoms with Crippen LogP contribution in [0, 0.1) is 6.92 Å². The number of hydrogen-bond donors (Lipinski definition) is 1. The van der Waals surface area contributed by atoms with Crippen LogP contribution >= 0.6 is 11.6 Å². The van der Waals surface area contributed by atoms with E-state index in [4.69, 9.17) is 25.5 Å². The second-order valence-electron chi connectivity index (χ2n) is 7.11. The summed E-state index contributed by atoms with van der Waals surface area (Å²) in [5.74, 6) is 2.31. The molecular weight excluding hydrogens is 428 g/mol. The van der Waals surface area contributed by atoms with Gasteiger partial charge in [-0.1, -0.05) is 23.7 Å². The van der Waals surface area contributed by atoms with Gasteiger partial charge in [0.25, 0.3) is 10.0 Å². The topological polar surface area (TPSA) is 90.7 Å². The lowest BCUT2D eigenvalue weighted by molar-refractivity contribution is 0.395. The first-order valence-electron chi connectivity index (χ1n) is 9.33. The molecule has 1 N–H and O–H groups in total. The zero-order valence-electron chi connectivity index (χ0n) is 16.7. The van der Waals surface area contributed by atoms with Gasteiger partial charge in [-0.05, 0) is 31.4 Å². The van der Waals surface area contributed by atoms with Crippen LogP contribution in [0.4, 0.5) is 5.69 Å². The Kier molecular flexibility index (Phi) is 5.38. The van der Waals surface area contributed by atoms with Crippen LogP contribution < -0.4 is 14.2 Å². The van der Waals surface area contributed by atoms with Gasteiger partial charge >= 0.3 is 0 Å². The minimum Gasteiger partial charge on any atom is -0.497 e. The Hall–Kier alpha value is -2.71. The molecule has 1 heterocycles. The van der Waals surface area contributed by atoms with Crippen LogP contribution in [0.3, 0.4) is 0 Å². The molecular formula is C21H21ClN2O5S. The highest BCUT2D eigenvalue weighted by molar-refractivity contribution is 7.92. The number of sulfonamides is 1. The van der Waals surface area contributed by atoms with Gasteiger partial charge in [-0.15, -0.1) is 0 Å². The van der Waals surface area contributed by atoms with Crippen molar-refractivity contribution in [2.24, 2.45) is 0 Å². The van der Waals surface area contributed by atoms with E-state index >= 15 is 0 Å². The van der Waals surface area contributed by atoms with E-state index in [1.807, 2.05) is 6.07 Å². The number of nitrogens with one attached hydrogen (secondary N) is 1. The molecule has 0 amide bonds. The summed E-state index contributed by atoms with van der Waals surface area (Å²) >= 11 is 6.28. The number of methoxy groups -OCH3 is 2. The fourth-order valence-corrected chi connectivity index (χ4v) is 4.78. The standard InChI is InChI=1S/C21H21ClN2O5S/c1-12-4-5-14(18-11-23-21(29-18)13-6-7-13)8-19(12)30(25,26)24-20-16(22)9-15(27-2)10-17(20)28-3/h4-5,8-11,13,24H,6-7H2,1-3H3. The van der Waals surface area contributed by atoms with Crippen LogP contribution in [0.25, 0.3) is 11.3 Å². The van der Waals surface area contributed by atoms with Crippen LogP contribution in [-0.4, -0.2) is 27.6 Å². The van der Waals surface area contributed by atoms with E-state index < -0.39 is 10.0 Å². The Morgan fingerprint density at radius 1 is 1.17 bits per heavy atom. The molecule has 0 radical (unpaired) electrons. The van der Waals surface area contributed by atoms with E-state index in [-0.39, 0.29) is 21.4 Å². The molecule has 158 valence electrons. The molecule has 0 aliphatic heterocycles. The van der Waals surface area contributed by atoms with Crippen molar-refractivity contribution in [1.82, 2.24) is 4.98 Å². The Morgan fingerprint density at radius 2 is 1.93 bits per heavy atom. The van der Waals surface area contributed by atoms with Crippen LogP contribution in [0.1, 0.15) is 30.2 Å². The van der Waals surface area contributed by atoms with E-state index in [0.717, 1.165) is 12.8 Å². The van der Waals surface area contributed by atoms with Gasteiger partial charge in [-0.2, -0.15) is 0 Å². The summed E-state index contributed by atoms with van der Waals surface area (Å²) in [4.78, 5) is 4.42. The minimum absolute atomic E-state index is 0.110. The Labute approximate surface area is 180 Å². The average molecular weight is 449 g/mol. The average Bonchev–Trinajstić information content (AvgIpc) is 3.46. The smallest absolute Gasteiger partial charge is 0.262 e. The predicted octanol–water partition coefficient (Wildman–Crippen LogP) is 5.00. The molecule has 0 unspecified atom stereocenters. The normalized spacial score (nSPS) is 13.9. The van der Waals surface area contributed by atoms with Crippen molar-refractivity contribution in [2.45, 2.75) is 30.6 Å². The van der Waals surface area contributed by atoms with Gasteiger partial charge in [-0.25, -0.2) is 13.4 Å². The summed E-state index contributed by atoms with van der Waals surface area (Å²) < 4.78 is 45.2. The number of aryl methyl sites for hydroxylation is 1. The molecule has 30 heavy (non-hydrogen) atoms. The Balaban J connectivity index is 1.70. The highest BCUT2D eigenvalue weighted by atomic mass is 35.5. The maximum atomic E-state index is 13.2. The minimum atomic E-state index is -3.96. The quantitative estimate of drug-likeness (QED) is 0.547. The molecule has 9 heteroatoms. The second-order valence-corrected chi connectivity index (χ2v) is 9.17. The zero-order chi connectivity index (χ0) is 21.5. The number of benzene rings is 2. The summed E-state index contributed by atoms with van der Waals surface area (Å²) in [5.41, 5.74) is 1.35. The lowest BCUT2D eigenvalue weighted by Gasteiger charge is -2.16. The summed E-state index contributed by atoms with van der Waals surface area (Å²) in [6.07, 6.45) is 3.77. The van der Waals surface area contributed by atoms with E-state index in [0.29, 0.717) is 34.4 Å². The van der Waals surface area contributed by atoms with Gasteiger partial charge in [0, 0.05) is 23.6 Å². The summed E-state index contributed by atoms with van der Waals surface area (Å²) in [5, 5.41) is 0.160. The van der Waals surface area contributed by atoms with Gasteiger partial charge in [0.1, 0.15) is 17.2 Å². The molecule has 0 saturated heterocycles. The Morgan fingerprint density at radius 3 is 2.60 bits per heavy atom. The van der Waals surface area contributed by atoms with Crippen molar-refractivity contribution >= 4 is 27.3 Å². The van der Waals surface area contributed by atoms with Crippen molar-refractivity contribution in [3.63, 3.8) is 0 Å². The van der Waals surface area contributed by atoms with Crippen LogP contribution in [0.2, 0.25) is 5.02 Å². The fourth-order valence-electron chi connectivity index (χ4n) is 3.11. The van der Waals surface area contributed by atoms with E-state index in [9.17, 15) is 8.42 Å². The summed E-state index contributed by atoms with van der Waals surface area (Å²) in [7, 11) is -1.05. The number of hydrogen-bond acceptors (Lipinski definition) is 6. The molecule has 4 rings (SSSR count). The van der Waals surface area contributed by atoms with Crippen LogP contribution in [0.5, 0.6) is 11.5 Å². The molecule has 0 atom stereocenters. The zero-order valence-corrected chi connectivity index (χ0v) is 18.3. The number of ether oxygens (including phenoxy) is 2. The summed E-state index contributed by atoms with van der Waals surface area (Å²) in [6.45, 7) is 1.72. The molecule has 1 saturated carbocycles. The number of anilines is 1. The number of halogens is 1. The van der Waals surface area contributed by atoms with Crippen molar-refractivity contribution in [2.75, 3.05) is 18.9 Å². The lowest BCUT2D eigenvalue weighted by atomic mass is 10.1. The molecule has 1 fully saturated rings. The van der Waals surface area contributed by atoms with Gasteiger partial charge in [0.2, 0.25) is 0 Å². The predicted molar refractivity (Wildman–Crippen MR) is 114 cm³/mol. The highest BCUT2D eigenvalue weighted by Gasteiger charge is 2.29. The molecule has 2 aromatic carbocycles. The fraction of sp³-hybridized carbons (Fsp3) is 0.286. The largest absolute Gasteiger partial charge is 0.497 e. The third-order valence-electron chi connectivity index (χ3n) is 4.93. The SMILES string of the molecule is COc1cc(Cl)c(NS(=O)(=O)c2cc(-c3cnc(C4CC4)o3)ccc2C)c(OC)c1. The first-order chi connectivity index (χ1) is 14.3. The number of oxazole rings is 1. The third-order valence-corrected chi connectivity index (χ3v) is 6.72. The molecule has 1 aliphatic rings. The Bertz CT molecular complexity index is 1200. The highest BCUT2D eigenvalue weighted by Crippen LogP contribution is 2.41. The number of rotatable bonds is 7. The summed E-state index contributed by atoms with van der Waals surface area (Å²) in [6, 6.07) is 8.18. The lowest BCUT2D eigenvalue weighted by Crippen LogP contribution is -2.15. The van der Waals surface area contributed by atoms with Crippen molar-refractivity contribution in [3.05, 3.63) is 53.0 Å². The maximum Gasteiger partial charge on any atom is 0.262 e. The van der Waals surface area contributed by atoms with Crippen molar-refractivity contribution in [1.29, 1.82) is 0 Å². The van der Waals surface area contributed by atoms with E-state index in [1.54, 1.807) is 31.3 Å². The van der Waals surface area contributed by atoms with Gasteiger partial charge in [0.15, 0.2) is 11.7 Å². The second kappa shape index (κ2) is 7.85. The molecule has 7 nitrogen and oxygen atoms in total. The van der Waals surface area contributed by atoms with Gasteiger partial charge < -0.3 is 13.9 Å². The van der Waals surface area contributed by atoms with Crippen LogP contribution in [0.15, 0.2) is 45.8 Å². The first-order valence-corrected chi connectivity index (χ1v) is 11.2. The van der Waals surface area contributed by atoms with Gasteiger partial charge in [0.05, 0.1) is 30.3 Å². The molecule has 3 aromatic rings. The first kappa shape index (κ1) is 20.6. The van der Waals surface area contributed by atoms with Crippen LogP contribution in [-0.2, 0) is 10.0 Å². The molecule has 1 aliphatic carbocycles. The van der Waals surface area contributed by atoms with Crippen molar-refractivity contribution < 1.29 is 22.3 Å². The monoisotopic (exact) mass is 448 g/mol.